The van der Waals surface area contributed by atoms with Crippen LogP contribution in [0.5, 0.6) is 0 Å². The largest absolute Gasteiger partial charge is 0.478 e. The highest BCUT2D eigenvalue weighted by molar-refractivity contribution is 6.33. The van der Waals surface area contributed by atoms with Gasteiger partial charge in [-0.05, 0) is 30.3 Å². The van der Waals surface area contributed by atoms with E-state index in [1.165, 1.54) is 30.3 Å². The summed E-state index contributed by atoms with van der Waals surface area (Å²) in [6, 6.07) is 7.12. The Hall–Kier alpha value is -2.47. The van der Waals surface area contributed by atoms with E-state index < -0.39 is 11.9 Å². The van der Waals surface area contributed by atoms with Gasteiger partial charge in [-0.2, -0.15) is 0 Å². The summed E-state index contributed by atoms with van der Waals surface area (Å²) >= 11 is 5.94. The Balaban J connectivity index is 2.11. The first-order valence-electron chi connectivity index (χ1n) is 5.56. The van der Waals surface area contributed by atoms with Crippen molar-refractivity contribution in [3.63, 3.8) is 0 Å². The van der Waals surface area contributed by atoms with E-state index in [9.17, 15) is 9.59 Å². The Kier molecular flexibility index (Phi) is 3.95. The third-order valence-corrected chi connectivity index (χ3v) is 2.87. The smallest absolute Gasteiger partial charge is 0.371 e. The average molecular weight is 296 g/mol. The number of aromatic carboxylic acids is 2. The van der Waals surface area contributed by atoms with Crippen molar-refractivity contribution in [2.45, 2.75) is 6.54 Å². The van der Waals surface area contributed by atoms with Crippen LogP contribution in [0.1, 0.15) is 26.7 Å². The molecule has 7 heteroatoms. The van der Waals surface area contributed by atoms with Gasteiger partial charge < -0.3 is 19.9 Å². The maximum absolute atomic E-state index is 10.9. The van der Waals surface area contributed by atoms with Gasteiger partial charge in [0.15, 0.2) is 0 Å². The van der Waals surface area contributed by atoms with E-state index in [0.717, 1.165) is 0 Å². The summed E-state index contributed by atoms with van der Waals surface area (Å²) in [5.74, 6) is -1.97. The summed E-state index contributed by atoms with van der Waals surface area (Å²) < 4.78 is 5.06. The maximum atomic E-state index is 10.9. The molecule has 3 N–H and O–H groups in total. The zero-order valence-electron chi connectivity index (χ0n) is 10.1. The van der Waals surface area contributed by atoms with Crippen LogP contribution in [0.15, 0.2) is 34.7 Å². The molecule has 0 radical (unpaired) electrons. The second kappa shape index (κ2) is 5.66. The molecule has 1 heterocycles. The molecular formula is C13H10ClNO5. The normalized spacial score (nSPS) is 10.2. The summed E-state index contributed by atoms with van der Waals surface area (Å²) in [5.41, 5.74) is 0.530. The average Bonchev–Trinajstić information content (AvgIpc) is 2.86. The van der Waals surface area contributed by atoms with Crippen molar-refractivity contribution in [3.8, 4) is 0 Å². The molecule has 0 amide bonds. The predicted octanol–water partition coefficient (Wildman–Crippen LogP) is 2.94. The van der Waals surface area contributed by atoms with Gasteiger partial charge in [0.2, 0.25) is 5.76 Å². The van der Waals surface area contributed by atoms with Crippen molar-refractivity contribution in [2.24, 2.45) is 0 Å². The molecule has 6 nitrogen and oxygen atoms in total. The monoisotopic (exact) mass is 295 g/mol. The van der Waals surface area contributed by atoms with Crippen LogP contribution in [0.2, 0.25) is 5.02 Å². The number of halogens is 1. The topological polar surface area (TPSA) is 99.8 Å². The third-order valence-electron chi connectivity index (χ3n) is 2.54. The summed E-state index contributed by atoms with van der Waals surface area (Å²) in [5, 5.41) is 20.9. The third kappa shape index (κ3) is 3.10. The van der Waals surface area contributed by atoms with E-state index in [1.54, 1.807) is 0 Å². The highest BCUT2D eigenvalue weighted by atomic mass is 35.5. The van der Waals surface area contributed by atoms with E-state index in [4.69, 9.17) is 26.2 Å². The lowest BCUT2D eigenvalue weighted by Crippen LogP contribution is -2.02. The molecule has 1 aromatic heterocycles. The minimum atomic E-state index is -1.15. The Bertz CT molecular complexity index is 665. The Labute approximate surface area is 118 Å². The van der Waals surface area contributed by atoms with Crippen molar-refractivity contribution in [1.29, 1.82) is 0 Å². The van der Waals surface area contributed by atoms with Gasteiger partial charge >= 0.3 is 11.9 Å². The summed E-state index contributed by atoms with van der Waals surface area (Å²) in [6.07, 6.45) is 0. The highest BCUT2D eigenvalue weighted by Crippen LogP contribution is 2.24. The first-order valence-corrected chi connectivity index (χ1v) is 5.94. The predicted molar refractivity (Wildman–Crippen MR) is 71.4 cm³/mol. The number of nitrogens with one attached hydrogen (secondary N) is 1. The van der Waals surface area contributed by atoms with Crippen LogP contribution in [0, 0.1) is 0 Å². The molecule has 0 aliphatic rings. The first kappa shape index (κ1) is 14.0. The second-order valence-electron chi connectivity index (χ2n) is 3.92. The highest BCUT2D eigenvalue weighted by Gasteiger charge is 2.10. The van der Waals surface area contributed by atoms with Gasteiger partial charge in [0.05, 0.1) is 22.8 Å². The minimum Gasteiger partial charge on any atom is -0.478 e. The molecule has 0 saturated carbocycles. The number of anilines is 1. The summed E-state index contributed by atoms with van der Waals surface area (Å²) in [7, 11) is 0. The van der Waals surface area contributed by atoms with Crippen LogP contribution in [0.3, 0.4) is 0 Å². The van der Waals surface area contributed by atoms with E-state index in [-0.39, 0.29) is 17.9 Å². The van der Waals surface area contributed by atoms with Gasteiger partial charge in [0, 0.05) is 0 Å². The minimum absolute atomic E-state index is 0.0996. The zero-order valence-corrected chi connectivity index (χ0v) is 10.8. The summed E-state index contributed by atoms with van der Waals surface area (Å²) in [6.45, 7) is 0.191. The van der Waals surface area contributed by atoms with Crippen molar-refractivity contribution in [3.05, 3.63) is 52.4 Å². The van der Waals surface area contributed by atoms with Gasteiger partial charge in [0.25, 0.3) is 0 Å². The van der Waals surface area contributed by atoms with Gasteiger partial charge in [-0.3, -0.25) is 0 Å². The number of rotatable bonds is 5. The van der Waals surface area contributed by atoms with Crippen LogP contribution in [-0.2, 0) is 6.54 Å². The molecule has 0 aliphatic heterocycles. The quantitative estimate of drug-likeness (QED) is 0.784. The standard InChI is InChI=1S/C13H10ClNO5/c14-9-3-1-7(12(16)17)5-10(9)15-6-8-2-4-11(20-8)13(18)19/h1-5,15H,6H2,(H,16,17)(H,18,19). The fraction of sp³-hybridized carbons (Fsp3) is 0.0769. The van der Waals surface area contributed by atoms with Crippen LogP contribution < -0.4 is 5.32 Å². The lowest BCUT2D eigenvalue weighted by molar-refractivity contribution is 0.0658. The molecule has 1 aromatic carbocycles. The van der Waals surface area contributed by atoms with Gasteiger partial charge in [-0.25, -0.2) is 9.59 Å². The molecule has 104 valence electrons. The van der Waals surface area contributed by atoms with Gasteiger partial charge in [0.1, 0.15) is 5.76 Å². The molecule has 0 unspecified atom stereocenters. The van der Waals surface area contributed by atoms with Crippen molar-refractivity contribution < 1.29 is 24.2 Å². The Morgan fingerprint density at radius 1 is 1.15 bits per heavy atom. The van der Waals surface area contributed by atoms with E-state index >= 15 is 0 Å². The number of carbonyl (C=O) groups is 2. The summed E-state index contributed by atoms with van der Waals surface area (Å²) in [4.78, 5) is 21.5. The number of carboxylic acids is 2. The number of carboxylic acid groups (broad SMARTS) is 2. The van der Waals surface area contributed by atoms with E-state index in [2.05, 4.69) is 5.32 Å². The van der Waals surface area contributed by atoms with Crippen molar-refractivity contribution in [1.82, 2.24) is 0 Å². The fourth-order valence-electron chi connectivity index (χ4n) is 1.56. The molecule has 0 saturated heterocycles. The van der Waals surface area contributed by atoms with Crippen LogP contribution in [0.4, 0.5) is 5.69 Å². The molecule has 0 aliphatic carbocycles. The lowest BCUT2D eigenvalue weighted by Gasteiger charge is -2.07. The van der Waals surface area contributed by atoms with Crippen molar-refractivity contribution >= 4 is 29.2 Å². The Morgan fingerprint density at radius 2 is 1.90 bits per heavy atom. The van der Waals surface area contributed by atoms with Gasteiger partial charge in [-0.15, -0.1) is 0 Å². The molecule has 2 aromatic rings. The molecule has 0 bridgehead atoms. The number of hydrogen-bond donors (Lipinski definition) is 3. The van der Waals surface area contributed by atoms with Gasteiger partial charge in [-0.1, -0.05) is 11.6 Å². The second-order valence-corrected chi connectivity index (χ2v) is 4.33. The maximum Gasteiger partial charge on any atom is 0.371 e. The molecule has 0 fully saturated rings. The van der Waals surface area contributed by atoms with E-state index in [1.807, 2.05) is 0 Å². The fourth-order valence-corrected chi connectivity index (χ4v) is 1.75. The molecule has 0 atom stereocenters. The number of hydrogen-bond acceptors (Lipinski definition) is 4. The number of furan rings is 1. The van der Waals surface area contributed by atoms with Crippen LogP contribution in [0.25, 0.3) is 0 Å². The SMILES string of the molecule is O=C(O)c1ccc(Cl)c(NCc2ccc(C(=O)O)o2)c1. The van der Waals surface area contributed by atoms with E-state index in [0.29, 0.717) is 16.5 Å². The molecule has 20 heavy (non-hydrogen) atoms. The molecule has 0 spiro atoms. The lowest BCUT2D eigenvalue weighted by atomic mass is 10.2. The zero-order chi connectivity index (χ0) is 14.7. The number of benzene rings is 1. The van der Waals surface area contributed by atoms with Crippen LogP contribution >= 0.6 is 11.6 Å². The molecule has 2 rings (SSSR count). The van der Waals surface area contributed by atoms with Crippen molar-refractivity contribution in [2.75, 3.05) is 5.32 Å². The first-order chi connectivity index (χ1) is 9.47. The van der Waals surface area contributed by atoms with Crippen LogP contribution in [-0.4, -0.2) is 22.2 Å². The molecular weight excluding hydrogens is 286 g/mol. The Morgan fingerprint density at radius 3 is 2.50 bits per heavy atom.